The lowest BCUT2D eigenvalue weighted by Gasteiger charge is -2.08. The summed E-state index contributed by atoms with van der Waals surface area (Å²) in [5, 5.41) is 6.37. The SMILES string of the molecule is O=C(CCn1[nH]c(=O)c2ccccc2c1=O)Nc1cccc(Cl)c1. The number of hydrogen-bond acceptors (Lipinski definition) is 3. The summed E-state index contributed by atoms with van der Waals surface area (Å²) in [6.45, 7) is 0.0747. The summed E-state index contributed by atoms with van der Waals surface area (Å²) < 4.78 is 1.15. The molecule has 24 heavy (non-hydrogen) atoms. The van der Waals surface area contributed by atoms with E-state index < -0.39 is 0 Å². The number of aromatic nitrogens is 2. The van der Waals surface area contributed by atoms with Gasteiger partial charge in [0.2, 0.25) is 5.91 Å². The maximum Gasteiger partial charge on any atom is 0.273 e. The smallest absolute Gasteiger partial charge is 0.273 e. The van der Waals surface area contributed by atoms with E-state index in [2.05, 4.69) is 10.4 Å². The number of nitrogens with zero attached hydrogens (tertiary/aromatic N) is 1. The minimum Gasteiger partial charge on any atom is -0.326 e. The van der Waals surface area contributed by atoms with Gasteiger partial charge >= 0.3 is 0 Å². The number of hydrogen-bond donors (Lipinski definition) is 2. The predicted molar refractivity (Wildman–Crippen MR) is 93.5 cm³/mol. The van der Waals surface area contributed by atoms with E-state index in [1.165, 1.54) is 0 Å². The Bertz CT molecular complexity index is 1020. The highest BCUT2D eigenvalue weighted by Crippen LogP contribution is 2.15. The van der Waals surface area contributed by atoms with E-state index in [1.54, 1.807) is 48.5 Å². The van der Waals surface area contributed by atoms with Gasteiger partial charge in [0.15, 0.2) is 0 Å². The summed E-state index contributed by atoms with van der Waals surface area (Å²) in [5.74, 6) is -0.279. The van der Waals surface area contributed by atoms with Gasteiger partial charge in [0.05, 0.1) is 17.3 Å². The van der Waals surface area contributed by atoms with Gasteiger partial charge in [-0.05, 0) is 30.3 Å². The lowest BCUT2D eigenvalue weighted by molar-refractivity contribution is -0.116. The molecule has 1 amide bonds. The molecule has 0 aliphatic rings. The summed E-state index contributed by atoms with van der Waals surface area (Å²) in [6.07, 6.45) is 0.0424. The molecular weight excluding hydrogens is 330 g/mol. The zero-order valence-electron chi connectivity index (χ0n) is 12.6. The number of nitrogens with one attached hydrogen (secondary N) is 2. The lowest BCUT2D eigenvalue weighted by Crippen LogP contribution is -2.31. The molecule has 1 heterocycles. The van der Waals surface area contributed by atoms with Crippen LogP contribution in [-0.2, 0) is 11.3 Å². The number of rotatable bonds is 4. The van der Waals surface area contributed by atoms with E-state index in [0.29, 0.717) is 21.5 Å². The largest absolute Gasteiger partial charge is 0.326 e. The predicted octanol–water partition coefficient (Wildman–Crippen LogP) is 2.37. The molecule has 6 nitrogen and oxygen atoms in total. The molecule has 0 aliphatic carbocycles. The van der Waals surface area contributed by atoms with E-state index in [1.807, 2.05) is 0 Å². The van der Waals surface area contributed by atoms with Crippen LogP contribution < -0.4 is 16.4 Å². The van der Waals surface area contributed by atoms with Crippen LogP contribution in [0.3, 0.4) is 0 Å². The normalized spacial score (nSPS) is 10.7. The van der Waals surface area contributed by atoms with Crippen molar-refractivity contribution in [2.45, 2.75) is 13.0 Å². The monoisotopic (exact) mass is 343 g/mol. The number of halogens is 1. The van der Waals surface area contributed by atoms with Gasteiger partial charge in [-0.15, -0.1) is 0 Å². The number of carbonyl (C=O) groups excluding carboxylic acids is 1. The topological polar surface area (TPSA) is 84.0 Å². The Kier molecular flexibility index (Phi) is 4.48. The second kappa shape index (κ2) is 6.72. The van der Waals surface area contributed by atoms with Crippen LogP contribution in [0.4, 0.5) is 5.69 Å². The fraction of sp³-hybridized carbons (Fsp3) is 0.118. The average molecular weight is 344 g/mol. The summed E-state index contributed by atoms with van der Waals surface area (Å²) in [4.78, 5) is 36.3. The first kappa shape index (κ1) is 16.0. The van der Waals surface area contributed by atoms with Crippen molar-refractivity contribution in [2.75, 3.05) is 5.32 Å². The molecule has 122 valence electrons. The Labute approximate surface area is 141 Å². The van der Waals surface area contributed by atoms with Crippen LogP contribution in [0, 0.1) is 0 Å². The fourth-order valence-corrected chi connectivity index (χ4v) is 2.60. The van der Waals surface area contributed by atoms with Gasteiger partial charge in [-0.2, -0.15) is 0 Å². The van der Waals surface area contributed by atoms with Crippen LogP contribution in [-0.4, -0.2) is 15.7 Å². The van der Waals surface area contributed by atoms with E-state index >= 15 is 0 Å². The fourth-order valence-electron chi connectivity index (χ4n) is 2.41. The Morgan fingerprint density at radius 3 is 2.58 bits per heavy atom. The van der Waals surface area contributed by atoms with Gasteiger partial charge in [0, 0.05) is 17.1 Å². The molecule has 0 saturated heterocycles. The van der Waals surface area contributed by atoms with Gasteiger partial charge in [-0.3, -0.25) is 19.5 Å². The molecule has 7 heteroatoms. The molecule has 0 saturated carbocycles. The van der Waals surface area contributed by atoms with Gasteiger partial charge < -0.3 is 5.32 Å². The van der Waals surface area contributed by atoms with E-state index in [9.17, 15) is 14.4 Å². The van der Waals surface area contributed by atoms with E-state index in [-0.39, 0.29) is 30.0 Å². The van der Waals surface area contributed by atoms with Gasteiger partial charge in [0.25, 0.3) is 11.1 Å². The van der Waals surface area contributed by atoms with E-state index in [4.69, 9.17) is 11.6 Å². The number of aromatic amines is 1. The molecule has 2 N–H and O–H groups in total. The number of carbonyl (C=O) groups is 1. The number of amides is 1. The van der Waals surface area contributed by atoms with Crippen molar-refractivity contribution < 1.29 is 4.79 Å². The van der Waals surface area contributed by atoms with Crippen molar-refractivity contribution >= 4 is 34.0 Å². The average Bonchev–Trinajstić information content (AvgIpc) is 2.57. The number of benzene rings is 2. The minimum absolute atomic E-state index is 0.0424. The summed E-state index contributed by atoms with van der Waals surface area (Å²) in [5.41, 5.74) is -0.118. The molecule has 0 bridgehead atoms. The first-order valence-electron chi connectivity index (χ1n) is 7.32. The molecule has 0 radical (unpaired) electrons. The second-order valence-electron chi connectivity index (χ2n) is 5.25. The Morgan fingerprint density at radius 1 is 1.08 bits per heavy atom. The van der Waals surface area contributed by atoms with Crippen LogP contribution in [0.15, 0.2) is 58.1 Å². The Balaban J connectivity index is 1.76. The van der Waals surface area contributed by atoms with Crippen molar-refractivity contribution in [1.29, 1.82) is 0 Å². The van der Waals surface area contributed by atoms with Crippen molar-refractivity contribution in [1.82, 2.24) is 9.78 Å². The summed E-state index contributed by atoms with van der Waals surface area (Å²) >= 11 is 5.86. The van der Waals surface area contributed by atoms with Crippen LogP contribution in [0.2, 0.25) is 5.02 Å². The van der Waals surface area contributed by atoms with Crippen LogP contribution >= 0.6 is 11.6 Å². The highest BCUT2D eigenvalue weighted by atomic mass is 35.5. The molecule has 1 aromatic heterocycles. The number of H-pyrrole nitrogens is 1. The Hall–Kier alpha value is -2.86. The number of aryl methyl sites for hydroxylation is 1. The molecule has 3 rings (SSSR count). The Morgan fingerprint density at radius 2 is 1.83 bits per heavy atom. The standard InChI is InChI=1S/C17H14ClN3O3/c18-11-4-3-5-12(10-11)19-15(22)8-9-21-17(24)14-7-2-1-6-13(14)16(23)20-21/h1-7,10H,8-9H2,(H,19,22)(H,20,23). The van der Waals surface area contributed by atoms with Gasteiger partial charge in [-0.1, -0.05) is 29.8 Å². The van der Waals surface area contributed by atoms with Crippen LogP contribution in [0.5, 0.6) is 0 Å². The molecular formula is C17H14ClN3O3. The highest BCUT2D eigenvalue weighted by Gasteiger charge is 2.09. The molecule has 0 fully saturated rings. The van der Waals surface area contributed by atoms with Crippen LogP contribution in [0.25, 0.3) is 10.8 Å². The van der Waals surface area contributed by atoms with Crippen molar-refractivity contribution in [3.8, 4) is 0 Å². The first-order valence-corrected chi connectivity index (χ1v) is 7.70. The minimum atomic E-state index is -0.361. The summed E-state index contributed by atoms with van der Waals surface area (Å²) in [7, 11) is 0. The third-order valence-electron chi connectivity index (χ3n) is 3.55. The maximum atomic E-state index is 12.3. The number of fused-ring (bicyclic) bond motifs is 1. The van der Waals surface area contributed by atoms with Gasteiger partial charge in [-0.25, -0.2) is 4.68 Å². The highest BCUT2D eigenvalue weighted by molar-refractivity contribution is 6.30. The molecule has 0 aliphatic heterocycles. The van der Waals surface area contributed by atoms with Crippen molar-refractivity contribution in [2.24, 2.45) is 0 Å². The van der Waals surface area contributed by atoms with Gasteiger partial charge in [0.1, 0.15) is 0 Å². The zero-order valence-corrected chi connectivity index (χ0v) is 13.3. The third kappa shape index (κ3) is 3.38. The summed E-state index contributed by atoms with van der Waals surface area (Å²) in [6, 6.07) is 13.3. The quantitative estimate of drug-likeness (QED) is 0.762. The zero-order chi connectivity index (χ0) is 17.1. The second-order valence-corrected chi connectivity index (χ2v) is 5.69. The molecule has 0 atom stereocenters. The maximum absolute atomic E-state index is 12.3. The van der Waals surface area contributed by atoms with Crippen LogP contribution in [0.1, 0.15) is 6.42 Å². The first-order chi connectivity index (χ1) is 11.5. The number of anilines is 1. The molecule has 3 aromatic rings. The lowest BCUT2D eigenvalue weighted by atomic mass is 10.2. The molecule has 0 spiro atoms. The van der Waals surface area contributed by atoms with E-state index in [0.717, 1.165) is 4.68 Å². The van der Waals surface area contributed by atoms with Crippen molar-refractivity contribution in [3.05, 3.63) is 74.3 Å². The molecule has 2 aromatic carbocycles. The van der Waals surface area contributed by atoms with Crippen molar-refractivity contribution in [3.63, 3.8) is 0 Å². The molecule has 0 unspecified atom stereocenters. The third-order valence-corrected chi connectivity index (χ3v) is 3.79.